The van der Waals surface area contributed by atoms with Crippen LogP contribution in [0.4, 0.5) is 0 Å². The van der Waals surface area contributed by atoms with Crippen molar-refractivity contribution < 1.29 is 4.74 Å². The predicted octanol–water partition coefficient (Wildman–Crippen LogP) is 1.22. The van der Waals surface area contributed by atoms with Crippen LogP contribution in [0.5, 0.6) is 0 Å². The normalized spacial score (nSPS) is 37.2. The SMILES string of the molecule is CC(C)CCN1C2COCC1CC(N)C2. The van der Waals surface area contributed by atoms with Crippen molar-refractivity contribution in [2.24, 2.45) is 11.7 Å². The third-order valence-electron chi connectivity index (χ3n) is 3.67. The highest BCUT2D eigenvalue weighted by Gasteiger charge is 2.37. The Morgan fingerprint density at radius 2 is 1.87 bits per heavy atom. The summed E-state index contributed by atoms with van der Waals surface area (Å²) < 4.78 is 5.62. The molecule has 0 aromatic rings. The van der Waals surface area contributed by atoms with Crippen molar-refractivity contribution in [3.8, 4) is 0 Å². The maximum absolute atomic E-state index is 6.06. The lowest BCUT2D eigenvalue weighted by atomic mass is 9.90. The van der Waals surface area contributed by atoms with Gasteiger partial charge >= 0.3 is 0 Å². The maximum atomic E-state index is 6.06. The fraction of sp³-hybridized carbons (Fsp3) is 1.00. The zero-order valence-electron chi connectivity index (χ0n) is 9.98. The quantitative estimate of drug-likeness (QED) is 0.764. The van der Waals surface area contributed by atoms with Crippen molar-refractivity contribution in [2.75, 3.05) is 19.8 Å². The number of nitrogens with two attached hydrogens (primary N) is 1. The molecular weight excluding hydrogens is 188 g/mol. The lowest BCUT2D eigenvalue weighted by molar-refractivity contribution is -0.0788. The van der Waals surface area contributed by atoms with Crippen molar-refractivity contribution in [1.29, 1.82) is 0 Å². The molecule has 2 saturated heterocycles. The molecule has 2 aliphatic heterocycles. The van der Waals surface area contributed by atoms with Gasteiger partial charge in [0.15, 0.2) is 0 Å². The minimum atomic E-state index is 0.402. The van der Waals surface area contributed by atoms with Gasteiger partial charge in [0.25, 0.3) is 0 Å². The molecule has 2 atom stereocenters. The monoisotopic (exact) mass is 212 g/mol. The van der Waals surface area contributed by atoms with E-state index >= 15 is 0 Å². The van der Waals surface area contributed by atoms with E-state index in [0.29, 0.717) is 18.1 Å². The molecule has 2 unspecified atom stereocenters. The standard InChI is InChI=1S/C12H24N2O/c1-9(2)3-4-14-11-5-10(13)6-12(14)8-15-7-11/h9-12H,3-8,13H2,1-2H3. The highest BCUT2D eigenvalue weighted by molar-refractivity contribution is 4.93. The fourth-order valence-electron chi connectivity index (χ4n) is 2.80. The van der Waals surface area contributed by atoms with Gasteiger partial charge in [-0.25, -0.2) is 0 Å². The summed E-state index contributed by atoms with van der Waals surface area (Å²) >= 11 is 0. The summed E-state index contributed by atoms with van der Waals surface area (Å²) in [5, 5.41) is 0. The molecule has 0 aliphatic carbocycles. The molecule has 2 aliphatic rings. The Morgan fingerprint density at radius 1 is 1.27 bits per heavy atom. The highest BCUT2D eigenvalue weighted by Crippen LogP contribution is 2.27. The van der Waals surface area contributed by atoms with Gasteiger partial charge in [-0.15, -0.1) is 0 Å². The summed E-state index contributed by atoms with van der Waals surface area (Å²) in [7, 11) is 0. The molecule has 2 rings (SSSR count). The molecular formula is C12H24N2O. The molecule has 88 valence electrons. The van der Waals surface area contributed by atoms with Crippen LogP contribution >= 0.6 is 0 Å². The Hall–Kier alpha value is -0.120. The number of hydrogen-bond donors (Lipinski definition) is 1. The van der Waals surface area contributed by atoms with Crippen molar-refractivity contribution >= 4 is 0 Å². The van der Waals surface area contributed by atoms with Gasteiger partial charge in [0, 0.05) is 18.1 Å². The average molecular weight is 212 g/mol. The molecule has 0 spiro atoms. The summed E-state index contributed by atoms with van der Waals surface area (Å²) in [6, 6.07) is 1.58. The highest BCUT2D eigenvalue weighted by atomic mass is 16.5. The first kappa shape index (κ1) is 11.4. The second-order valence-electron chi connectivity index (χ2n) is 5.50. The second kappa shape index (κ2) is 4.81. The summed E-state index contributed by atoms with van der Waals surface area (Å²) in [5.74, 6) is 0.794. The molecule has 2 N–H and O–H groups in total. The zero-order valence-corrected chi connectivity index (χ0v) is 9.98. The Balaban J connectivity index is 1.92. The van der Waals surface area contributed by atoms with Gasteiger partial charge in [-0.2, -0.15) is 0 Å². The van der Waals surface area contributed by atoms with Crippen molar-refractivity contribution in [3.05, 3.63) is 0 Å². The summed E-state index contributed by atoms with van der Waals surface area (Å²) in [4.78, 5) is 2.65. The number of ether oxygens (including phenoxy) is 1. The molecule has 2 fully saturated rings. The van der Waals surface area contributed by atoms with E-state index in [1.54, 1.807) is 0 Å². The Morgan fingerprint density at radius 3 is 2.40 bits per heavy atom. The van der Waals surface area contributed by atoms with Crippen LogP contribution in [-0.2, 0) is 4.74 Å². The first-order valence-electron chi connectivity index (χ1n) is 6.26. The lowest BCUT2D eigenvalue weighted by Crippen LogP contribution is -2.59. The molecule has 0 saturated carbocycles. The third-order valence-corrected chi connectivity index (χ3v) is 3.67. The smallest absolute Gasteiger partial charge is 0.0623 e. The Kier molecular flexibility index (Phi) is 3.65. The van der Waals surface area contributed by atoms with E-state index in [1.165, 1.54) is 13.0 Å². The Bertz CT molecular complexity index is 194. The van der Waals surface area contributed by atoms with Crippen molar-refractivity contribution in [3.63, 3.8) is 0 Å². The maximum Gasteiger partial charge on any atom is 0.0623 e. The van der Waals surface area contributed by atoms with Gasteiger partial charge in [0.2, 0.25) is 0 Å². The van der Waals surface area contributed by atoms with Crippen molar-refractivity contribution in [2.45, 2.75) is 51.2 Å². The van der Waals surface area contributed by atoms with Gasteiger partial charge in [-0.05, 0) is 31.7 Å². The van der Waals surface area contributed by atoms with Crippen LogP contribution in [0.1, 0.15) is 33.1 Å². The molecule has 2 bridgehead atoms. The van der Waals surface area contributed by atoms with E-state index in [4.69, 9.17) is 10.5 Å². The van der Waals surface area contributed by atoms with Gasteiger partial charge in [0.1, 0.15) is 0 Å². The average Bonchev–Trinajstić information content (AvgIpc) is 2.14. The fourth-order valence-corrected chi connectivity index (χ4v) is 2.80. The molecule has 0 aromatic carbocycles. The summed E-state index contributed by atoms with van der Waals surface area (Å²) in [6.07, 6.45) is 3.53. The minimum Gasteiger partial charge on any atom is -0.378 e. The predicted molar refractivity (Wildman–Crippen MR) is 61.8 cm³/mol. The van der Waals surface area contributed by atoms with Crippen molar-refractivity contribution in [1.82, 2.24) is 4.90 Å². The van der Waals surface area contributed by atoms with Crippen LogP contribution in [0.3, 0.4) is 0 Å². The number of piperidine rings is 1. The van der Waals surface area contributed by atoms with Crippen LogP contribution in [-0.4, -0.2) is 42.8 Å². The van der Waals surface area contributed by atoms with E-state index in [1.807, 2.05) is 0 Å². The zero-order chi connectivity index (χ0) is 10.8. The Labute approximate surface area is 93.0 Å². The third kappa shape index (κ3) is 2.71. The van der Waals surface area contributed by atoms with Crippen LogP contribution in [0.2, 0.25) is 0 Å². The topological polar surface area (TPSA) is 38.5 Å². The summed E-state index contributed by atoms with van der Waals surface area (Å²) in [6.45, 7) is 7.59. The van der Waals surface area contributed by atoms with Gasteiger partial charge < -0.3 is 10.5 Å². The van der Waals surface area contributed by atoms with Crippen LogP contribution in [0.25, 0.3) is 0 Å². The number of fused-ring (bicyclic) bond motifs is 2. The van der Waals surface area contributed by atoms with E-state index in [-0.39, 0.29) is 0 Å². The van der Waals surface area contributed by atoms with E-state index in [2.05, 4.69) is 18.7 Å². The second-order valence-corrected chi connectivity index (χ2v) is 5.50. The largest absolute Gasteiger partial charge is 0.378 e. The van der Waals surface area contributed by atoms with Gasteiger partial charge in [-0.3, -0.25) is 4.90 Å². The molecule has 3 heteroatoms. The van der Waals surface area contributed by atoms with Crippen LogP contribution in [0, 0.1) is 5.92 Å². The first-order chi connectivity index (χ1) is 7.16. The molecule has 0 amide bonds. The molecule has 2 heterocycles. The number of nitrogens with zero attached hydrogens (tertiary/aromatic N) is 1. The van der Waals surface area contributed by atoms with E-state index in [9.17, 15) is 0 Å². The summed E-state index contributed by atoms with van der Waals surface area (Å²) in [5.41, 5.74) is 6.06. The van der Waals surface area contributed by atoms with Crippen LogP contribution in [0.15, 0.2) is 0 Å². The first-order valence-corrected chi connectivity index (χ1v) is 6.26. The number of rotatable bonds is 3. The number of hydrogen-bond acceptors (Lipinski definition) is 3. The molecule has 3 nitrogen and oxygen atoms in total. The van der Waals surface area contributed by atoms with E-state index in [0.717, 1.165) is 32.0 Å². The molecule has 0 radical (unpaired) electrons. The molecule has 0 aromatic heterocycles. The van der Waals surface area contributed by atoms with E-state index < -0.39 is 0 Å². The molecule has 15 heavy (non-hydrogen) atoms. The van der Waals surface area contributed by atoms with Gasteiger partial charge in [-0.1, -0.05) is 13.8 Å². The van der Waals surface area contributed by atoms with Crippen LogP contribution < -0.4 is 5.73 Å². The van der Waals surface area contributed by atoms with Gasteiger partial charge in [0.05, 0.1) is 13.2 Å². The number of morpholine rings is 1. The lowest BCUT2D eigenvalue weighted by Gasteiger charge is -2.48. The minimum absolute atomic E-state index is 0.402.